The number of rotatable bonds is 9. The van der Waals surface area contributed by atoms with Gasteiger partial charge in [-0.3, -0.25) is 24.8 Å². The molecule has 224 valence electrons. The van der Waals surface area contributed by atoms with Gasteiger partial charge in [-0.05, 0) is 69.2 Å². The second-order valence-corrected chi connectivity index (χ2v) is 10.1. The number of carboxylic acids is 1. The molecular weight excluding hydrogens is 564 g/mol. The van der Waals surface area contributed by atoms with Gasteiger partial charge in [0.15, 0.2) is 0 Å². The number of carbonyl (C=O) groups is 2. The molecule has 0 unspecified atom stereocenters. The first-order valence-electron chi connectivity index (χ1n) is 13.9. The van der Waals surface area contributed by atoms with Gasteiger partial charge in [0.05, 0.1) is 30.2 Å². The van der Waals surface area contributed by atoms with E-state index in [1.807, 2.05) is 6.92 Å². The lowest BCUT2D eigenvalue weighted by atomic mass is 9.90. The smallest absolute Gasteiger partial charge is 0.336 e. The third-order valence-electron chi connectivity index (χ3n) is 7.28. The van der Waals surface area contributed by atoms with Crippen molar-refractivity contribution in [3.05, 3.63) is 103 Å². The largest absolute Gasteiger partial charge is 0.492 e. The van der Waals surface area contributed by atoms with Gasteiger partial charge in [-0.2, -0.15) is 0 Å². The Morgan fingerprint density at radius 3 is 1.84 bits per heavy atom. The summed E-state index contributed by atoms with van der Waals surface area (Å²) in [6, 6.07) is 14.5. The molecule has 0 radical (unpaired) electrons. The van der Waals surface area contributed by atoms with Crippen molar-refractivity contribution in [2.45, 2.75) is 27.7 Å². The fourth-order valence-corrected chi connectivity index (χ4v) is 5.31. The maximum absolute atomic E-state index is 14.0. The second-order valence-electron chi connectivity index (χ2n) is 10.1. The number of hydrogen-bond donors (Lipinski definition) is 5. The van der Waals surface area contributed by atoms with Crippen LogP contribution in [-0.4, -0.2) is 41.0 Å². The molecule has 0 aliphatic heterocycles. The van der Waals surface area contributed by atoms with Crippen LogP contribution in [0, 0.1) is 19.3 Å². The highest BCUT2D eigenvalue weighted by atomic mass is 16.5. The lowest BCUT2D eigenvalue weighted by molar-refractivity contribution is 0.0697. The van der Waals surface area contributed by atoms with Crippen molar-refractivity contribution < 1.29 is 24.2 Å². The summed E-state index contributed by atoms with van der Waals surface area (Å²) in [6.45, 7) is 7.87. The third kappa shape index (κ3) is 5.19. The standard InChI is InChI=1S/C33H30N4O7/c1-5-43-22-11-7-9-16(3)27(22)35-29(34)26-21(33(41)42)15-20(24-18-13-14-19(25(24)26)31(39)37-30(18)38)32(40)36-28-17(4)10-8-12-23(28)44-6-2/h7-15H,5-6H2,1-4H3,(H2,34,35)(H,36,40)(H,41,42)(H,37,38,39). The zero-order valence-corrected chi connectivity index (χ0v) is 24.5. The lowest BCUT2D eigenvalue weighted by Crippen LogP contribution is -2.21. The van der Waals surface area contributed by atoms with Crippen LogP contribution >= 0.6 is 0 Å². The van der Waals surface area contributed by atoms with E-state index < -0.39 is 28.6 Å². The number of amides is 1. The molecule has 44 heavy (non-hydrogen) atoms. The molecule has 2 bridgehead atoms. The van der Waals surface area contributed by atoms with E-state index in [1.165, 1.54) is 12.1 Å². The molecule has 0 fully saturated rings. The number of ether oxygens (including phenoxy) is 2. The molecule has 0 aliphatic rings. The highest BCUT2D eigenvalue weighted by Gasteiger charge is 2.28. The van der Waals surface area contributed by atoms with E-state index in [0.717, 1.165) is 11.6 Å². The zero-order valence-electron chi connectivity index (χ0n) is 24.5. The van der Waals surface area contributed by atoms with E-state index >= 15 is 0 Å². The van der Waals surface area contributed by atoms with E-state index in [1.54, 1.807) is 57.2 Å². The summed E-state index contributed by atoms with van der Waals surface area (Å²) < 4.78 is 11.4. The molecule has 2 heterocycles. The predicted octanol–water partition coefficient (Wildman–Crippen LogP) is 5.28. The Kier molecular flexibility index (Phi) is 8.04. The SMILES string of the molecule is CCOc1cccc(C)c1NC(=N)c1c(C(=O)O)cc(C(=O)Nc2c(C)cccc2OCC)c2c3ccc(c(=O)[nH]c3=O)c12. The molecule has 2 aromatic heterocycles. The number of nitrogens with one attached hydrogen (secondary N) is 4. The minimum absolute atomic E-state index is 0.0187. The van der Waals surface area contributed by atoms with Crippen molar-refractivity contribution in [3.8, 4) is 11.5 Å². The molecule has 0 saturated heterocycles. The Morgan fingerprint density at radius 2 is 1.32 bits per heavy atom. The van der Waals surface area contributed by atoms with Crippen molar-refractivity contribution in [2.24, 2.45) is 0 Å². The van der Waals surface area contributed by atoms with E-state index in [2.05, 4.69) is 15.6 Å². The van der Waals surface area contributed by atoms with Crippen LogP contribution < -0.4 is 31.2 Å². The maximum atomic E-state index is 14.0. The Labute approximate surface area is 251 Å². The first kappa shape index (κ1) is 29.8. The van der Waals surface area contributed by atoms with E-state index in [9.17, 15) is 24.3 Å². The van der Waals surface area contributed by atoms with Crippen LogP contribution in [0.5, 0.6) is 11.5 Å². The van der Waals surface area contributed by atoms with Crippen molar-refractivity contribution in [2.75, 3.05) is 23.8 Å². The van der Waals surface area contributed by atoms with Gasteiger partial charge >= 0.3 is 5.97 Å². The number of hydrogen-bond acceptors (Lipinski definition) is 7. The van der Waals surface area contributed by atoms with Crippen LogP contribution in [0.1, 0.15) is 51.3 Å². The van der Waals surface area contributed by atoms with E-state index in [4.69, 9.17) is 14.9 Å². The van der Waals surface area contributed by atoms with Gasteiger partial charge in [-0.1, -0.05) is 24.3 Å². The van der Waals surface area contributed by atoms with Gasteiger partial charge in [0.2, 0.25) is 0 Å². The number of amidine groups is 1. The first-order valence-corrected chi connectivity index (χ1v) is 13.9. The molecule has 6 rings (SSSR count). The van der Waals surface area contributed by atoms with Gasteiger partial charge in [0.25, 0.3) is 17.0 Å². The summed E-state index contributed by atoms with van der Waals surface area (Å²) in [7, 11) is 0. The molecule has 1 amide bonds. The third-order valence-corrected chi connectivity index (χ3v) is 7.28. The quantitative estimate of drug-likeness (QED) is 0.113. The van der Waals surface area contributed by atoms with Crippen molar-refractivity contribution in [3.63, 3.8) is 0 Å². The number of fused-ring (bicyclic) bond motifs is 3. The average molecular weight is 595 g/mol. The van der Waals surface area contributed by atoms with Gasteiger partial charge < -0.3 is 25.2 Å². The van der Waals surface area contributed by atoms with Crippen LogP contribution in [0.3, 0.4) is 0 Å². The molecule has 0 spiro atoms. The maximum Gasteiger partial charge on any atom is 0.336 e. The average Bonchev–Trinajstić information content (AvgIpc) is 3.19. The highest BCUT2D eigenvalue weighted by molar-refractivity contribution is 6.30. The Morgan fingerprint density at radius 1 is 0.795 bits per heavy atom. The van der Waals surface area contributed by atoms with Crippen LogP contribution in [0.4, 0.5) is 11.4 Å². The van der Waals surface area contributed by atoms with Crippen LogP contribution in [0.15, 0.2) is 64.2 Å². The number of benzene rings is 4. The number of para-hydroxylation sites is 2. The molecule has 0 atom stereocenters. The van der Waals surface area contributed by atoms with Crippen LogP contribution in [-0.2, 0) is 0 Å². The number of anilines is 2. The van der Waals surface area contributed by atoms with Crippen LogP contribution in [0.2, 0.25) is 0 Å². The molecule has 11 heteroatoms. The van der Waals surface area contributed by atoms with Gasteiger partial charge in [0, 0.05) is 32.7 Å². The molecule has 4 aromatic carbocycles. The van der Waals surface area contributed by atoms with E-state index in [-0.39, 0.29) is 38.5 Å². The topological polar surface area (TPSA) is 171 Å². The number of H-pyrrole nitrogens is 1. The number of aromatic carboxylic acids is 1. The molecular formula is C33H30N4O7. The number of aromatic nitrogens is 1. The molecule has 6 aromatic rings. The summed E-state index contributed by atoms with van der Waals surface area (Å²) in [6.07, 6.45) is 0. The van der Waals surface area contributed by atoms with Crippen LogP contribution in [0.25, 0.3) is 21.5 Å². The molecule has 0 saturated carbocycles. The predicted molar refractivity (Wildman–Crippen MR) is 170 cm³/mol. The Balaban J connectivity index is 1.81. The van der Waals surface area contributed by atoms with Gasteiger partial charge in [-0.25, -0.2) is 4.79 Å². The zero-order chi connectivity index (χ0) is 31.7. The highest BCUT2D eigenvalue weighted by Crippen LogP contribution is 2.36. The normalized spacial score (nSPS) is 11.0. The van der Waals surface area contributed by atoms with E-state index in [0.29, 0.717) is 41.7 Å². The fraction of sp³-hybridized carbons (Fsp3) is 0.182. The molecule has 0 aliphatic carbocycles. The van der Waals surface area contributed by atoms with Crippen molar-refractivity contribution in [1.82, 2.24) is 4.98 Å². The van der Waals surface area contributed by atoms with Crippen molar-refractivity contribution in [1.29, 1.82) is 5.41 Å². The summed E-state index contributed by atoms with van der Waals surface area (Å²) in [4.78, 5) is 55.3. The Hall–Kier alpha value is -5.71. The molecule has 5 N–H and O–H groups in total. The fourth-order valence-electron chi connectivity index (χ4n) is 5.31. The number of aromatic amines is 1. The second kappa shape index (κ2) is 11.9. The Bertz CT molecular complexity index is 2080. The summed E-state index contributed by atoms with van der Waals surface area (Å²) >= 11 is 0. The summed E-state index contributed by atoms with van der Waals surface area (Å²) in [5, 5.41) is 25.2. The minimum atomic E-state index is -1.44. The lowest BCUT2D eigenvalue weighted by Gasteiger charge is -2.20. The minimum Gasteiger partial charge on any atom is -0.492 e. The van der Waals surface area contributed by atoms with Gasteiger partial charge in [0.1, 0.15) is 17.3 Å². The molecule has 11 nitrogen and oxygen atoms in total. The van der Waals surface area contributed by atoms with Crippen molar-refractivity contribution >= 4 is 50.6 Å². The summed E-state index contributed by atoms with van der Waals surface area (Å²) in [5.41, 5.74) is -0.0646. The number of aryl methyl sites for hydroxylation is 2. The summed E-state index contributed by atoms with van der Waals surface area (Å²) in [5.74, 6) is -1.68. The monoisotopic (exact) mass is 594 g/mol. The van der Waals surface area contributed by atoms with Gasteiger partial charge in [-0.15, -0.1) is 0 Å². The number of carboxylic acid groups (broad SMARTS) is 1. The first-order chi connectivity index (χ1) is 21.1. The number of carbonyl (C=O) groups excluding carboxylic acids is 1.